The van der Waals surface area contributed by atoms with E-state index < -0.39 is 5.97 Å². The molecule has 0 atom stereocenters. The summed E-state index contributed by atoms with van der Waals surface area (Å²) in [7, 11) is 0. The number of anilines is 1. The molecule has 0 aliphatic heterocycles. The lowest BCUT2D eigenvalue weighted by Crippen LogP contribution is -2.04. The minimum Gasteiger partial charge on any atom is -0.477 e. The maximum atomic E-state index is 10.6. The van der Waals surface area contributed by atoms with E-state index in [1.165, 1.54) is 6.20 Å². The Morgan fingerprint density at radius 3 is 3.00 bits per heavy atom. The molecule has 0 aromatic carbocycles. The molecule has 0 aliphatic rings. The number of carboxylic acids is 1. The van der Waals surface area contributed by atoms with Crippen LogP contribution in [0, 0.1) is 6.92 Å². The van der Waals surface area contributed by atoms with E-state index in [0.29, 0.717) is 11.7 Å². The number of aromatic carboxylic acids is 1. The predicted molar refractivity (Wildman–Crippen MR) is 68.1 cm³/mol. The minimum absolute atomic E-state index is 0.248. The number of aryl methyl sites for hydroxylation is 1. The molecule has 90 valence electrons. The van der Waals surface area contributed by atoms with Crippen LogP contribution >= 0.6 is 22.7 Å². The first-order valence-electron chi connectivity index (χ1n) is 4.99. The van der Waals surface area contributed by atoms with Crippen molar-refractivity contribution in [2.75, 3.05) is 11.9 Å². The van der Waals surface area contributed by atoms with Crippen LogP contribution in [-0.2, 0) is 6.42 Å². The highest BCUT2D eigenvalue weighted by atomic mass is 32.1. The summed E-state index contributed by atoms with van der Waals surface area (Å²) in [6.45, 7) is 2.67. The van der Waals surface area contributed by atoms with E-state index in [4.69, 9.17) is 5.11 Å². The zero-order valence-electron chi connectivity index (χ0n) is 9.14. The number of nitrogens with one attached hydrogen (secondary N) is 1. The Balaban J connectivity index is 1.83. The van der Waals surface area contributed by atoms with Crippen LogP contribution in [0.15, 0.2) is 11.6 Å². The largest absolute Gasteiger partial charge is 0.477 e. The average Bonchev–Trinajstić information content (AvgIpc) is 2.88. The second-order valence-corrected chi connectivity index (χ2v) is 5.37. The van der Waals surface area contributed by atoms with Crippen molar-refractivity contribution in [3.8, 4) is 0 Å². The maximum absolute atomic E-state index is 10.6. The Kier molecular flexibility index (Phi) is 3.70. The van der Waals surface area contributed by atoms with Crippen LogP contribution in [0.4, 0.5) is 5.13 Å². The summed E-state index contributed by atoms with van der Waals surface area (Å²) in [5.41, 5.74) is 1.03. The summed E-state index contributed by atoms with van der Waals surface area (Å²) in [5, 5.41) is 15.6. The van der Waals surface area contributed by atoms with Gasteiger partial charge in [0, 0.05) is 24.0 Å². The molecular formula is C10H11N3O2S2. The Morgan fingerprint density at radius 2 is 2.41 bits per heavy atom. The van der Waals surface area contributed by atoms with Gasteiger partial charge in [-0.25, -0.2) is 14.8 Å². The van der Waals surface area contributed by atoms with Gasteiger partial charge in [-0.05, 0) is 6.92 Å². The molecule has 7 heteroatoms. The SMILES string of the molecule is Cc1csc(CCNc2ncc(C(=O)O)s2)n1. The van der Waals surface area contributed by atoms with E-state index in [9.17, 15) is 4.79 Å². The number of nitrogens with zero attached hydrogens (tertiary/aromatic N) is 2. The number of carboxylic acid groups (broad SMARTS) is 1. The Labute approximate surface area is 106 Å². The zero-order valence-corrected chi connectivity index (χ0v) is 10.8. The van der Waals surface area contributed by atoms with Crippen molar-refractivity contribution in [3.63, 3.8) is 0 Å². The highest BCUT2D eigenvalue weighted by Crippen LogP contribution is 2.18. The summed E-state index contributed by atoms with van der Waals surface area (Å²) in [4.78, 5) is 19.2. The van der Waals surface area contributed by atoms with Crippen LogP contribution in [0.25, 0.3) is 0 Å². The first kappa shape index (κ1) is 12.0. The molecule has 0 saturated carbocycles. The van der Waals surface area contributed by atoms with Crippen LogP contribution in [0.5, 0.6) is 0 Å². The standard InChI is InChI=1S/C10H11N3O2S2/c1-6-5-16-8(13-6)2-3-11-10-12-4-7(17-10)9(14)15/h4-5H,2-3H2,1H3,(H,11,12)(H,14,15). The van der Waals surface area contributed by atoms with Crippen LogP contribution in [0.3, 0.4) is 0 Å². The molecule has 2 heterocycles. The normalized spacial score (nSPS) is 10.4. The van der Waals surface area contributed by atoms with Crippen molar-refractivity contribution in [2.45, 2.75) is 13.3 Å². The summed E-state index contributed by atoms with van der Waals surface area (Å²) in [6, 6.07) is 0. The molecule has 2 rings (SSSR count). The van der Waals surface area contributed by atoms with Crippen molar-refractivity contribution in [3.05, 3.63) is 27.2 Å². The molecule has 5 nitrogen and oxygen atoms in total. The van der Waals surface area contributed by atoms with Crippen LogP contribution in [0.1, 0.15) is 20.4 Å². The van der Waals surface area contributed by atoms with Crippen LogP contribution < -0.4 is 5.32 Å². The third-order valence-electron chi connectivity index (χ3n) is 2.00. The highest BCUT2D eigenvalue weighted by molar-refractivity contribution is 7.17. The van der Waals surface area contributed by atoms with Crippen molar-refractivity contribution < 1.29 is 9.90 Å². The van der Waals surface area contributed by atoms with E-state index in [1.54, 1.807) is 11.3 Å². The second kappa shape index (κ2) is 5.24. The highest BCUT2D eigenvalue weighted by Gasteiger charge is 2.08. The lowest BCUT2D eigenvalue weighted by Gasteiger charge is -1.99. The number of thiazole rings is 2. The van der Waals surface area contributed by atoms with Gasteiger partial charge in [-0.3, -0.25) is 0 Å². The number of aromatic nitrogens is 2. The molecule has 0 amide bonds. The molecule has 2 N–H and O–H groups in total. The lowest BCUT2D eigenvalue weighted by atomic mass is 10.4. The van der Waals surface area contributed by atoms with Gasteiger partial charge in [-0.2, -0.15) is 0 Å². The number of rotatable bonds is 5. The van der Waals surface area contributed by atoms with E-state index in [-0.39, 0.29) is 4.88 Å². The van der Waals surface area contributed by atoms with Gasteiger partial charge < -0.3 is 10.4 Å². The quantitative estimate of drug-likeness (QED) is 0.870. The lowest BCUT2D eigenvalue weighted by molar-refractivity contribution is 0.0702. The molecule has 0 radical (unpaired) electrons. The molecule has 0 aliphatic carbocycles. The topological polar surface area (TPSA) is 75.1 Å². The Bertz CT molecular complexity index is 521. The predicted octanol–water partition coefficient (Wildman–Crippen LogP) is 2.26. The molecule has 17 heavy (non-hydrogen) atoms. The van der Waals surface area contributed by atoms with E-state index >= 15 is 0 Å². The third-order valence-corrected chi connectivity index (χ3v) is 3.97. The van der Waals surface area contributed by atoms with E-state index in [0.717, 1.165) is 28.5 Å². The van der Waals surface area contributed by atoms with Gasteiger partial charge in [0.25, 0.3) is 0 Å². The molecule has 0 fully saturated rings. The average molecular weight is 269 g/mol. The smallest absolute Gasteiger partial charge is 0.347 e. The van der Waals surface area contributed by atoms with Gasteiger partial charge in [-0.15, -0.1) is 11.3 Å². The maximum Gasteiger partial charge on any atom is 0.347 e. The van der Waals surface area contributed by atoms with E-state index in [1.807, 2.05) is 12.3 Å². The van der Waals surface area contributed by atoms with Gasteiger partial charge in [0.05, 0.1) is 11.2 Å². The zero-order chi connectivity index (χ0) is 12.3. The second-order valence-electron chi connectivity index (χ2n) is 3.39. The van der Waals surface area contributed by atoms with Crippen molar-refractivity contribution in [2.24, 2.45) is 0 Å². The molecule has 0 bridgehead atoms. The fraction of sp³-hybridized carbons (Fsp3) is 0.300. The Hall–Kier alpha value is -1.47. The van der Waals surface area contributed by atoms with Crippen LogP contribution in [0.2, 0.25) is 0 Å². The summed E-state index contributed by atoms with van der Waals surface area (Å²) >= 11 is 2.78. The van der Waals surface area contributed by atoms with Gasteiger partial charge in [0.2, 0.25) is 0 Å². The molecule has 0 unspecified atom stereocenters. The van der Waals surface area contributed by atoms with Gasteiger partial charge in [0.1, 0.15) is 4.88 Å². The fourth-order valence-corrected chi connectivity index (χ4v) is 2.71. The third kappa shape index (κ3) is 3.24. The van der Waals surface area contributed by atoms with Crippen molar-refractivity contribution in [1.29, 1.82) is 0 Å². The summed E-state index contributed by atoms with van der Waals surface area (Å²) in [6.07, 6.45) is 2.18. The van der Waals surface area contributed by atoms with Gasteiger partial charge >= 0.3 is 5.97 Å². The summed E-state index contributed by atoms with van der Waals surface area (Å²) in [5.74, 6) is -0.939. The van der Waals surface area contributed by atoms with Gasteiger partial charge in [0.15, 0.2) is 5.13 Å². The number of hydrogen-bond acceptors (Lipinski definition) is 6. The van der Waals surface area contributed by atoms with Crippen molar-refractivity contribution in [1.82, 2.24) is 9.97 Å². The Morgan fingerprint density at radius 1 is 1.59 bits per heavy atom. The van der Waals surface area contributed by atoms with Gasteiger partial charge in [-0.1, -0.05) is 11.3 Å². The summed E-state index contributed by atoms with van der Waals surface area (Å²) < 4.78 is 0. The number of hydrogen-bond donors (Lipinski definition) is 2. The first-order chi connectivity index (χ1) is 8.15. The molecule has 2 aromatic rings. The van der Waals surface area contributed by atoms with Crippen molar-refractivity contribution >= 4 is 33.8 Å². The first-order valence-corrected chi connectivity index (χ1v) is 6.69. The fourth-order valence-electron chi connectivity index (χ4n) is 1.25. The molecule has 2 aromatic heterocycles. The molecule has 0 saturated heterocycles. The van der Waals surface area contributed by atoms with E-state index in [2.05, 4.69) is 15.3 Å². The van der Waals surface area contributed by atoms with Crippen LogP contribution in [-0.4, -0.2) is 27.6 Å². The monoisotopic (exact) mass is 269 g/mol. The molecule has 0 spiro atoms. The molecular weight excluding hydrogens is 258 g/mol. The minimum atomic E-state index is -0.939. The number of carbonyl (C=O) groups is 1.